The van der Waals surface area contributed by atoms with Gasteiger partial charge in [-0.05, 0) is 49.3 Å². The molecular weight excluding hydrogens is 427 g/mol. The maximum absolute atomic E-state index is 12.2. The van der Waals surface area contributed by atoms with E-state index in [1.54, 1.807) is 0 Å². The third kappa shape index (κ3) is 6.17. The first-order valence-electron chi connectivity index (χ1n) is 9.14. The Labute approximate surface area is 167 Å². The van der Waals surface area contributed by atoms with Gasteiger partial charge in [-0.1, -0.05) is 31.4 Å². The molecule has 0 aromatic heterocycles. The molecule has 0 spiro atoms. The summed E-state index contributed by atoms with van der Waals surface area (Å²) in [6.45, 7) is 1.45. The van der Waals surface area contributed by atoms with Gasteiger partial charge in [-0.2, -0.15) is 0 Å². The Morgan fingerprint density at radius 1 is 1.16 bits per heavy atom. The monoisotopic (exact) mass is 456 g/mol. The first-order valence-corrected chi connectivity index (χ1v) is 9.14. The van der Waals surface area contributed by atoms with Crippen molar-refractivity contribution in [2.45, 2.75) is 51.5 Å². The minimum atomic E-state index is 0. The van der Waals surface area contributed by atoms with Gasteiger partial charge < -0.3 is 16.4 Å². The van der Waals surface area contributed by atoms with E-state index < -0.39 is 0 Å². The van der Waals surface area contributed by atoms with E-state index in [-0.39, 0.29) is 35.8 Å². The summed E-state index contributed by atoms with van der Waals surface area (Å²) in [5, 5.41) is 6.23. The van der Waals surface area contributed by atoms with Crippen molar-refractivity contribution in [3.63, 3.8) is 0 Å². The van der Waals surface area contributed by atoms with Gasteiger partial charge in [0.15, 0.2) is 5.96 Å². The van der Waals surface area contributed by atoms with Gasteiger partial charge >= 0.3 is 0 Å². The molecule has 0 atom stereocenters. The highest BCUT2D eigenvalue weighted by Gasteiger charge is 2.22. The number of carbonyl (C=O) groups is 1. The van der Waals surface area contributed by atoms with Gasteiger partial charge in [-0.3, -0.25) is 4.79 Å². The first kappa shape index (κ1) is 20.0. The van der Waals surface area contributed by atoms with Crippen molar-refractivity contribution in [1.82, 2.24) is 5.32 Å². The lowest BCUT2D eigenvalue weighted by atomic mass is 9.85. The molecule has 0 radical (unpaired) electrons. The second kappa shape index (κ2) is 9.99. The molecule has 3 rings (SSSR count). The third-order valence-corrected chi connectivity index (χ3v) is 5.15. The van der Waals surface area contributed by atoms with Gasteiger partial charge in [0.05, 0.1) is 6.54 Å². The predicted molar refractivity (Wildman–Crippen MR) is 113 cm³/mol. The van der Waals surface area contributed by atoms with E-state index in [0.717, 1.165) is 36.6 Å². The van der Waals surface area contributed by atoms with Crippen molar-refractivity contribution < 1.29 is 4.79 Å². The van der Waals surface area contributed by atoms with Crippen LogP contribution in [0.2, 0.25) is 0 Å². The molecule has 6 heteroatoms. The molecule has 2 fully saturated rings. The van der Waals surface area contributed by atoms with Crippen molar-refractivity contribution in [2.24, 2.45) is 22.6 Å². The zero-order valence-corrected chi connectivity index (χ0v) is 17.0. The SMILES string of the molecule is I.NC(=NCc1cccc(NC(=O)C2CCCC2)c1)NCC1CCC1. The predicted octanol–water partition coefficient (Wildman–Crippen LogP) is 3.64. The second-order valence-corrected chi connectivity index (χ2v) is 7.05. The number of hydrogen-bond acceptors (Lipinski definition) is 2. The van der Waals surface area contributed by atoms with Crippen LogP contribution in [0.4, 0.5) is 5.69 Å². The van der Waals surface area contributed by atoms with Gasteiger partial charge in [-0.25, -0.2) is 4.99 Å². The molecule has 1 aromatic carbocycles. The standard InChI is InChI=1S/C19H28N4O.HI/c20-19(21-12-14-5-3-6-14)22-13-15-7-4-10-17(11-15)23-18(24)16-8-1-2-9-16;/h4,7,10-11,14,16H,1-3,5-6,8-9,12-13H2,(H,23,24)(H3,20,21,22);1H. The Kier molecular flexibility index (Phi) is 7.99. The molecule has 0 saturated heterocycles. The molecule has 5 nitrogen and oxygen atoms in total. The minimum Gasteiger partial charge on any atom is -0.370 e. The van der Waals surface area contributed by atoms with Crippen LogP contribution in [0.25, 0.3) is 0 Å². The summed E-state index contributed by atoms with van der Waals surface area (Å²) in [6.07, 6.45) is 8.28. The average Bonchev–Trinajstić information content (AvgIpc) is 3.06. The van der Waals surface area contributed by atoms with Crippen molar-refractivity contribution in [3.8, 4) is 0 Å². The number of benzene rings is 1. The lowest BCUT2D eigenvalue weighted by Gasteiger charge is -2.25. The minimum absolute atomic E-state index is 0. The van der Waals surface area contributed by atoms with Crippen LogP contribution in [0, 0.1) is 11.8 Å². The summed E-state index contributed by atoms with van der Waals surface area (Å²) < 4.78 is 0. The molecule has 0 unspecified atom stereocenters. The smallest absolute Gasteiger partial charge is 0.227 e. The molecular formula is C19H29IN4O. The van der Waals surface area contributed by atoms with Crippen LogP contribution in [0.15, 0.2) is 29.3 Å². The van der Waals surface area contributed by atoms with Crippen LogP contribution >= 0.6 is 24.0 Å². The molecule has 4 N–H and O–H groups in total. The van der Waals surface area contributed by atoms with Crippen LogP contribution in [0.3, 0.4) is 0 Å². The number of halogens is 1. The number of nitrogens with zero attached hydrogens (tertiary/aromatic N) is 1. The molecule has 1 aromatic rings. The zero-order chi connectivity index (χ0) is 16.8. The summed E-state index contributed by atoms with van der Waals surface area (Å²) in [5.41, 5.74) is 7.82. The molecule has 2 aliphatic rings. The normalized spacial score (nSPS) is 18.3. The maximum Gasteiger partial charge on any atom is 0.227 e. The van der Waals surface area contributed by atoms with E-state index in [1.165, 1.54) is 32.1 Å². The summed E-state index contributed by atoms with van der Waals surface area (Å²) in [7, 11) is 0. The summed E-state index contributed by atoms with van der Waals surface area (Å²) in [5.74, 6) is 1.59. The van der Waals surface area contributed by atoms with E-state index in [1.807, 2.05) is 24.3 Å². The fourth-order valence-electron chi connectivity index (χ4n) is 3.36. The Morgan fingerprint density at radius 3 is 2.60 bits per heavy atom. The number of guanidine groups is 1. The van der Waals surface area contributed by atoms with Gasteiger partial charge in [0.25, 0.3) is 0 Å². The van der Waals surface area contributed by atoms with E-state index in [0.29, 0.717) is 12.5 Å². The second-order valence-electron chi connectivity index (χ2n) is 7.05. The van der Waals surface area contributed by atoms with Crippen LogP contribution in [-0.2, 0) is 11.3 Å². The Balaban J connectivity index is 0.00000225. The molecule has 0 bridgehead atoms. The molecule has 138 valence electrons. The number of anilines is 1. The Morgan fingerprint density at radius 2 is 1.92 bits per heavy atom. The van der Waals surface area contributed by atoms with Gasteiger partial charge in [-0.15, -0.1) is 24.0 Å². The molecule has 2 aliphatic carbocycles. The van der Waals surface area contributed by atoms with Crippen LogP contribution in [0.5, 0.6) is 0 Å². The van der Waals surface area contributed by atoms with E-state index >= 15 is 0 Å². The largest absolute Gasteiger partial charge is 0.370 e. The van der Waals surface area contributed by atoms with Crippen LogP contribution < -0.4 is 16.4 Å². The van der Waals surface area contributed by atoms with E-state index in [2.05, 4.69) is 15.6 Å². The Bertz CT molecular complexity index is 595. The summed E-state index contributed by atoms with van der Waals surface area (Å²) in [6, 6.07) is 7.87. The van der Waals surface area contributed by atoms with E-state index in [9.17, 15) is 4.79 Å². The highest BCUT2D eigenvalue weighted by molar-refractivity contribution is 14.0. The van der Waals surface area contributed by atoms with Gasteiger partial charge in [0, 0.05) is 18.2 Å². The zero-order valence-electron chi connectivity index (χ0n) is 14.7. The Hall–Kier alpha value is -1.31. The topological polar surface area (TPSA) is 79.5 Å². The number of nitrogens with one attached hydrogen (secondary N) is 2. The van der Waals surface area contributed by atoms with Crippen LogP contribution in [0.1, 0.15) is 50.5 Å². The summed E-state index contributed by atoms with van der Waals surface area (Å²) in [4.78, 5) is 16.6. The number of amides is 1. The lowest BCUT2D eigenvalue weighted by Crippen LogP contribution is -2.37. The summed E-state index contributed by atoms with van der Waals surface area (Å²) >= 11 is 0. The highest BCUT2D eigenvalue weighted by Crippen LogP contribution is 2.26. The van der Waals surface area contributed by atoms with Gasteiger partial charge in [0.2, 0.25) is 5.91 Å². The fraction of sp³-hybridized carbons (Fsp3) is 0.579. The number of hydrogen-bond donors (Lipinski definition) is 3. The number of carbonyl (C=O) groups excluding carboxylic acids is 1. The fourth-order valence-corrected chi connectivity index (χ4v) is 3.36. The van der Waals surface area contributed by atoms with Crippen molar-refractivity contribution in [3.05, 3.63) is 29.8 Å². The number of rotatable bonds is 6. The molecule has 0 heterocycles. The van der Waals surface area contributed by atoms with Crippen molar-refractivity contribution >= 4 is 41.5 Å². The highest BCUT2D eigenvalue weighted by atomic mass is 127. The molecule has 2 saturated carbocycles. The molecule has 1 amide bonds. The lowest BCUT2D eigenvalue weighted by molar-refractivity contribution is -0.119. The number of nitrogens with two attached hydrogens (primary N) is 1. The van der Waals surface area contributed by atoms with Crippen molar-refractivity contribution in [2.75, 3.05) is 11.9 Å². The van der Waals surface area contributed by atoms with Gasteiger partial charge in [0.1, 0.15) is 0 Å². The number of aliphatic imine (C=N–C) groups is 1. The van der Waals surface area contributed by atoms with Crippen LogP contribution in [-0.4, -0.2) is 18.4 Å². The maximum atomic E-state index is 12.2. The first-order chi connectivity index (χ1) is 11.7. The van der Waals surface area contributed by atoms with E-state index in [4.69, 9.17) is 5.73 Å². The third-order valence-electron chi connectivity index (χ3n) is 5.15. The quantitative estimate of drug-likeness (QED) is 0.348. The van der Waals surface area contributed by atoms with Crippen molar-refractivity contribution in [1.29, 1.82) is 0 Å². The molecule has 25 heavy (non-hydrogen) atoms. The molecule has 0 aliphatic heterocycles. The average molecular weight is 456 g/mol.